The number of hydrogen-bond acceptors (Lipinski definition) is 11. The molecule has 1 rings (SSSR count). The van der Waals surface area contributed by atoms with E-state index in [1.165, 1.54) is 6.92 Å². The van der Waals surface area contributed by atoms with Gasteiger partial charge in [0.15, 0.2) is 24.6 Å². The molecular formula is C16H24O10S. The van der Waals surface area contributed by atoms with Gasteiger partial charge in [-0.05, 0) is 0 Å². The van der Waals surface area contributed by atoms with Crippen molar-refractivity contribution in [2.75, 3.05) is 19.0 Å². The van der Waals surface area contributed by atoms with E-state index in [2.05, 4.69) is 12.6 Å². The van der Waals surface area contributed by atoms with E-state index >= 15 is 0 Å². The highest BCUT2D eigenvalue weighted by Crippen LogP contribution is 2.29. The Labute approximate surface area is 162 Å². The Morgan fingerprint density at radius 1 is 0.815 bits per heavy atom. The smallest absolute Gasteiger partial charge is 0.303 e. The van der Waals surface area contributed by atoms with Crippen LogP contribution in [0.25, 0.3) is 0 Å². The van der Waals surface area contributed by atoms with Crippen LogP contribution < -0.4 is 0 Å². The zero-order valence-electron chi connectivity index (χ0n) is 15.5. The van der Waals surface area contributed by atoms with Crippen LogP contribution in [-0.2, 0) is 47.6 Å². The van der Waals surface area contributed by atoms with Gasteiger partial charge in [0.25, 0.3) is 0 Å². The normalized spacial score (nSPS) is 27.4. The summed E-state index contributed by atoms with van der Waals surface area (Å²) in [4.78, 5) is 45.8. The van der Waals surface area contributed by atoms with Gasteiger partial charge in [0.1, 0.15) is 12.7 Å². The van der Waals surface area contributed by atoms with Crippen molar-refractivity contribution in [3.8, 4) is 0 Å². The summed E-state index contributed by atoms with van der Waals surface area (Å²) in [5, 5.41) is 0. The highest BCUT2D eigenvalue weighted by atomic mass is 32.1. The van der Waals surface area contributed by atoms with Crippen molar-refractivity contribution in [1.82, 2.24) is 0 Å². The third kappa shape index (κ3) is 7.73. The van der Waals surface area contributed by atoms with Crippen molar-refractivity contribution in [3.63, 3.8) is 0 Å². The summed E-state index contributed by atoms with van der Waals surface area (Å²) < 4.78 is 31.8. The van der Waals surface area contributed by atoms with Crippen LogP contribution in [0, 0.1) is 0 Å². The SMILES string of the molecule is CC(=O)OC[C@H]1O[C@@H](OCCS)[C@H](OC(C)=O)[C@@H](OC(C)=O)[C@@H]1OC(C)=O. The first-order chi connectivity index (χ1) is 12.6. The minimum absolute atomic E-state index is 0.136. The Morgan fingerprint density at radius 3 is 1.81 bits per heavy atom. The van der Waals surface area contributed by atoms with Crippen LogP contribution in [0.1, 0.15) is 27.7 Å². The third-order valence-electron chi connectivity index (χ3n) is 3.32. The van der Waals surface area contributed by atoms with E-state index in [1.54, 1.807) is 0 Å². The van der Waals surface area contributed by atoms with Gasteiger partial charge in [0.2, 0.25) is 0 Å². The molecule has 0 amide bonds. The van der Waals surface area contributed by atoms with Gasteiger partial charge in [-0.2, -0.15) is 12.6 Å². The van der Waals surface area contributed by atoms with Crippen LogP contribution in [0.2, 0.25) is 0 Å². The van der Waals surface area contributed by atoms with Crippen LogP contribution >= 0.6 is 12.6 Å². The van der Waals surface area contributed by atoms with Gasteiger partial charge < -0.3 is 28.4 Å². The summed E-state index contributed by atoms with van der Waals surface area (Å²) in [5.74, 6) is -2.31. The van der Waals surface area contributed by atoms with E-state index in [-0.39, 0.29) is 13.2 Å². The molecule has 0 bridgehead atoms. The predicted molar refractivity (Wildman–Crippen MR) is 91.8 cm³/mol. The van der Waals surface area contributed by atoms with Crippen molar-refractivity contribution < 1.29 is 47.6 Å². The van der Waals surface area contributed by atoms with E-state index in [0.29, 0.717) is 5.75 Å². The summed E-state index contributed by atoms with van der Waals surface area (Å²) in [6, 6.07) is 0. The van der Waals surface area contributed by atoms with Gasteiger partial charge in [-0.15, -0.1) is 0 Å². The molecule has 0 aromatic carbocycles. The minimum atomic E-state index is -1.23. The Bertz CT molecular complexity index is 551. The first-order valence-electron chi connectivity index (χ1n) is 8.18. The fourth-order valence-corrected chi connectivity index (χ4v) is 2.60. The van der Waals surface area contributed by atoms with E-state index in [0.717, 1.165) is 20.8 Å². The molecule has 1 fully saturated rings. The lowest BCUT2D eigenvalue weighted by atomic mass is 9.98. The molecule has 1 heterocycles. The van der Waals surface area contributed by atoms with Crippen molar-refractivity contribution in [2.24, 2.45) is 0 Å². The molecule has 1 saturated heterocycles. The molecule has 0 N–H and O–H groups in total. The van der Waals surface area contributed by atoms with Gasteiger partial charge in [-0.3, -0.25) is 19.2 Å². The van der Waals surface area contributed by atoms with Crippen molar-refractivity contribution >= 4 is 36.5 Å². The summed E-state index contributed by atoms with van der Waals surface area (Å²) in [5.41, 5.74) is 0. The number of carbonyl (C=O) groups excluding carboxylic acids is 4. The molecular weight excluding hydrogens is 384 g/mol. The highest BCUT2D eigenvalue weighted by Gasteiger charge is 2.52. The van der Waals surface area contributed by atoms with Gasteiger partial charge >= 0.3 is 23.9 Å². The molecule has 1 aliphatic rings. The van der Waals surface area contributed by atoms with E-state index in [4.69, 9.17) is 28.4 Å². The van der Waals surface area contributed by atoms with Crippen LogP contribution in [-0.4, -0.2) is 73.5 Å². The maximum atomic E-state index is 11.6. The van der Waals surface area contributed by atoms with Crippen molar-refractivity contribution in [2.45, 2.75) is 58.4 Å². The standard InChI is InChI=1S/C16H24O10S/c1-8(17)22-7-12-13(23-9(2)18)14(24-10(3)19)15(25-11(4)20)16(26-12)21-5-6-27/h12-16,27H,5-7H2,1-4H3/t12-,13-,14+,15-,16-/m1/s1. The topological polar surface area (TPSA) is 124 Å². The zero-order valence-corrected chi connectivity index (χ0v) is 16.4. The summed E-state index contributed by atoms with van der Waals surface area (Å²) in [7, 11) is 0. The molecule has 27 heavy (non-hydrogen) atoms. The average Bonchev–Trinajstić information content (AvgIpc) is 2.54. The number of carbonyl (C=O) groups is 4. The van der Waals surface area contributed by atoms with Gasteiger partial charge in [-0.1, -0.05) is 0 Å². The monoisotopic (exact) mass is 408 g/mol. The van der Waals surface area contributed by atoms with E-state index < -0.39 is 54.6 Å². The first-order valence-corrected chi connectivity index (χ1v) is 8.81. The molecule has 0 radical (unpaired) electrons. The van der Waals surface area contributed by atoms with Gasteiger partial charge in [0, 0.05) is 33.4 Å². The van der Waals surface area contributed by atoms with Crippen LogP contribution in [0.4, 0.5) is 0 Å². The molecule has 5 atom stereocenters. The molecule has 0 saturated carbocycles. The molecule has 0 aromatic rings. The second-order valence-electron chi connectivity index (χ2n) is 5.66. The maximum absolute atomic E-state index is 11.6. The van der Waals surface area contributed by atoms with Crippen LogP contribution in [0.3, 0.4) is 0 Å². The Morgan fingerprint density at radius 2 is 1.33 bits per heavy atom. The Balaban J connectivity index is 3.22. The lowest BCUT2D eigenvalue weighted by Gasteiger charge is -2.44. The Hall–Kier alpha value is -1.85. The van der Waals surface area contributed by atoms with Gasteiger partial charge in [-0.25, -0.2) is 0 Å². The molecule has 1 aliphatic heterocycles. The number of ether oxygens (including phenoxy) is 6. The number of thiol groups is 1. The molecule has 0 aromatic heterocycles. The first kappa shape index (κ1) is 23.2. The Kier molecular flexibility index (Phi) is 9.53. The molecule has 0 unspecified atom stereocenters. The zero-order chi connectivity index (χ0) is 20.6. The average molecular weight is 408 g/mol. The minimum Gasteiger partial charge on any atom is -0.463 e. The van der Waals surface area contributed by atoms with Crippen molar-refractivity contribution in [3.05, 3.63) is 0 Å². The summed E-state index contributed by atoms with van der Waals surface area (Å²) in [6.07, 6.45) is -5.79. The van der Waals surface area contributed by atoms with E-state index in [9.17, 15) is 19.2 Å². The second-order valence-corrected chi connectivity index (χ2v) is 6.11. The van der Waals surface area contributed by atoms with Crippen molar-refractivity contribution in [1.29, 1.82) is 0 Å². The largest absolute Gasteiger partial charge is 0.463 e. The molecule has 11 heteroatoms. The molecule has 10 nitrogen and oxygen atoms in total. The number of rotatable bonds is 8. The van der Waals surface area contributed by atoms with Gasteiger partial charge in [0.05, 0.1) is 6.61 Å². The third-order valence-corrected chi connectivity index (χ3v) is 3.50. The summed E-state index contributed by atoms with van der Waals surface area (Å²) >= 11 is 4.04. The fraction of sp³-hybridized carbons (Fsp3) is 0.750. The maximum Gasteiger partial charge on any atom is 0.303 e. The predicted octanol–water partition coefficient (Wildman–Crippen LogP) is 0.0159. The lowest BCUT2D eigenvalue weighted by Crippen LogP contribution is -2.63. The van der Waals surface area contributed by atoms with E-state index in [1.807, 2.05) is 0 Å². The molecule has 0 aliphatic carbocycles. The second kappa shape index (κ2) is 11.1. The molecule has 0 spiro atoms. The summed E-state index contributed by atoms with van der Waals surface area (Å²) in [6.45, 7) is 4.50. The fourth-order valence-electron chi connectivity index (χ4n) is 2.49. The quantitative estimate of drug-likeness (QED) is 0.334. The number of esters is 4. The molecule has 154 valence electrons. The van der Waals surface area contributed by atoms with Crippen LogP contribution in [0.15, 0.2) is 0 Å². The highest BCUT2D eigenvalue weighted by molar-refractivity contribution is 7.80. The lowest BCUT2D eigenvalue weighted by molar-refractivity contribution is -0.307. The van der Waals surface area contributed by atoms with Crippen LogP contribution in [0.5, 0.6) is 0 Å². The number of hydrogen-bond donors (Lipinski definition) is 1.